The highest BCUT2D eigenvalue weighted by atomic mass is 79.9. The van der Waals surface area contributed by atoms with Gasteiger partial charge in [0.2, 0.25) is 0 Å². The molecule has 0 spiro atoms. The van der Waals surface area contributed by atoms with Gasteiger partial charge < -0.3 is 0 Å². The van der Waals surface area contributed by atoms with E-state index in [1.807, 2.05) is 6.20 Å². The Morgan fingerprint density at radius 2 is 2.31 bits per heavy atom. The third-order valence-corrected chi connectivity index (χ3v) is 2.53. The molecule has 5 heteroatoms. The lowest BCUT2D eigenvalue weighted by atomic mass is 10.4. The fraction of sp³-hybridized carbons (Fsp3) is 0.375. The Morgan fingerprint density at radius 3 is 3.08 bits per heavy atom. The van der Waals surface area contributed by atoms with Gasteiger partial charge in [0.1, 0.15) is 0 Å². The molecule has 2 heterocycles. The van der Waals surface area contributed by atoms with Crippen molar-refractivity contribution in [2.24, 2.45) is 0 Å². The Labute approximate surface area is 83.1 Å². The van der Waals surface area contributed by atoms with E-state index in [4.69, 9.17) is 0 Å². The van der Waals surface area contributed by atoms with Crippen molar-refractivity contribution in [2.45, 2.75) is 18.8 Å². The number of rotatable bonds is 1. The van der Waals surface area contributed by atoms with Gasteiger partial charge in [-0.25, -0.2) is 9.50 Å². The van der Waals surface area contributed by atoms with Crippen LogP contribution in [0.5, 0.6) is 0 Å². The predicted octanol–water partition coefficient (Wildman–Crippen LogP) is 1.76. The summed E-state index contributed by atoms with van der Waals surface area (Å²) in [4.78, 5) is 8.49. The maximum absolute atomic E-state index is 4.35. The molecule has 13 heavy (non-hydrogen) atoms. The van der Waals surface area contributed by atoms with Crippen LogP contribution in [0.25, 0.3) is 5.78 Å². The fourth-order valence-electron chi connectivity index (χ4n) is 1.29. The van der Waals surface area contributed by atoms with E-state index in [1.54, 1.807) is 10.7 Å². The van der Waals surface area contributed by atoms with Crippen LogP contribution in [-0.2, 0) is 0 Å². The summed E-state index contributed by atoms with van der Waals surface area (Å²) in [6.45, 7) is 0. The second-order valence-electron chi connectivity index (χ2n) is 3.26. The second-order valence-corrected chi connectivity index (χ2v) is 4.18. The molecule has 0 bridgehead atoms. The lowest BCUT2D eigenvalue weighted by Gasteiger charge is -1.89. The van der Waals surface area contributed by atoms with Crippen molar-refractivity contribution < 1.29 is 0 Å². The number of hydrogen-bond donors (Lipinski definition) is 0. The Balaban J connectivity index is 2.20. The van der Waals surface area contributed by atoms with Crippen LogP contribution in [0.15, 0.2) is 16.9 Å². The molecule has 0 unspecified atom stereocenters. The molecule has 0 saturated heterocycles. The predicted molar refractivity (Wildman–Crippen MR) is 50.5 cm³/mol. The molecule has 2 aromatic rings. The molecule has 0 aromatic carbocycles. The van der Waals surface area contributed by atoms with E-state index >= 15 is 0 Å². The Hall–Kier alpha value is -0.970. The highest BCUT2D eigenvalue weighted by Crippen LogP contribution is 2.37. The van der Waals surface area contributed by atoms with Crippen molar-refractivity contribution in [2.75, 3.05) is 0 Å². The molecule has 0 radical (unpaired) electrons. The van der Waals surface area contributed by atoms with Crippen molar-refractivity contribution in [1.82, 2.24) is 19.6 Å². The van der Waals surface area contributed by atoms with Gasteiger partial charge in [0.25, 0.3) is 5.78 Å². The van der Waals surface area contributed by atoms with Crippen LogP contribution in [0, 0.1) is 0 Å². The monoisotopic (exact) mass is 238 g/mol. The number of nitrogens with zero attached hydrogens (tertiary/aromatic N) is 4. The second kappa shape index (κ2) is 2.51. The van der Waals surface area contributed by atoms with Crippen LogP contribution in [0.2, 0.25) is 0 Å². The van der Waals surface area contributed by atoms with Gasteiger partial charge in [0, 0.05) is 18.3 Å². The third kappa shape index (κ3) is 1.23. The first kappa shape index (κ1) is 7.44. The molecule has 1 saturated carbocycles. The molecule has 3 rings (SSSR count). The van der Waals surface area contributed by atoms with Gasteiger partial charge in [0.05, 0.1) is 4.47 Å². The molecule has 1 aliphatic rings. The van der Waals surface area contributed by atoms with Crippen molar-refractivity contribution in [3.63, 3.8) is 0 Å². The molecular formula is C8H7BrN4. The van der Waals surface area contributed by atoms with Gasteiger partial charge in [0.15, 0.2) is 5.82 Å². The molecule has 4 nitrogen and oxygen atoms in total. The summed E-state index contributed by atoms with van der Waals surface area (Å²) in [5.41, 5.74) is 0. The molecule has 1 fully saturated rings. The van der Waals surface area contributed by atoms with Crippen LogP contribution in [0.1, 0.15) is 24.6 Å². The molecule has 2 aromatic heterocycles. The summed E-state index contributed by atoms with van der Waals surface area (Å²) < 4.78 is 2.64. The maximum atomic E-state index is 4.35. The zero-order valence-corrected chi connectivity index (χ0v) is 8.40. The number of hydrogen-bond acceptors (Lipinski definition) is 3. The van der Waals surface area contributed by atoms with E-state index < -0.39 is 0 Å². The van der Waals surface area contributed by atoms with Gasteiger partial charge in [-0.05, 0) is 28.8 Å². The van der Waals surface area contributed by atoms with Gasteiger partial charge in [-0.3, -0.25) is 0 Å². The minimum absolute atomic E-state index is 0.584. The molecule has 0 amide bonds. The van der Waals surface area contributed by atoms with Crippen molar-refractivity contribution >= 4 is 21.7 Å². The summed E-state index contributed by atoms with van der Waals surface area (Å²) >= 11 is 3.34. The van der Waals surface area contributed by atoms with Gasteiger partial charge in [-0.1, -0.05) is 0 Å². The first-order chi connectivity index (χ1) is 6.33. The quantitative estimate of drug-likeness (QED) is 0.761. The summed E-state index contributed by atoms with van der Waals surface area (Å²) in [6.07, 6.45) is 6.05. The molecule has 1 aliphatic carbocycles. The molecule has 0 atom stereocenters. The van der Waals surface area contributed by atoms with Gasteiger partial charge >= 0.3 is 0 Å². The lowest BCUT2D eigenvalue weighted by molar-refractivity contribution is 0.870. The highest BCUT2D eigenvalue weighted by Gasteiger charge is 2.28. The molecule has 0 N–H and O–H groups in total. The standard InChI is InChI=1S/C8H7BrN4/c9-6-3-10-8-11-7(5-1-2-5)12-13(8)4-6/h3-5H,1-2H2. The van der Waals surface area contributed by atoms with E-state index in [0.717, 1.165) is 10.3 Å². The summed E-state index contributed by atoms with van der Waals surface area (Å²) in [6, 6.07) is 0. The zero-order valence-electron chi connectivity index (χ0n) is 6.81. The van der Waals surface area contributed by atoms with E-state index in [9.17, 15) is 0 Å². The number of halogens is 1. The SMILES string of the molecule is Brc1cnc2nc(C3CC3)nn2c1. The lowest BCUT2D eigenvalue weighted by Crippen LogP contribution is -1.89. The Bertz CT molecular complexity index is 460. The van der Waals surface area contributed by atoms with E-state index in [1.165, 1.54) is 12.8 Å². The molecule has 0 aliphatic heterocycles. The normalized spacial score (nSPS) is 16.7. The average Bonchev–Trinajstić information content (AvgIpc) is 2.87. The molecular weight excluding hydrogens is 232 g/mol. The first-order valence-electron chi connectivity index (χ1n) is 4.21. The van der Waals surface area contributed by atoms with Crippen molar-refractivity contribution in [3.8, 4) is 0 Å². The Kier molecular flexibility index (Phi) is 1.44. The smallest absolute Gasteiger partial charge is 0.218 e. The van der Waals surface area contributed by atoms with E-state index in [2.05, 4.69) is 31.0 Å². The third-order valence-electron chi connectivity index (χ3n) is 2.12. The van der Waals surface area contributed by atoms with Crippen LogP contribution >= 0.6 is 15.9 Å². The average molecular weight is 239 g/mol. The Morgan fingerprint density at radius 1 is 1.46 bits per heavy atom. The highest BCUT2D eigenvalue weighted by molar-refractivity contribution is 9.10. The summed E-state index contributed by atoms with van der Waals surface area (Å²) in [5.74, 6) is 2.20. The topological polar surface area (TPSA) is 43.1 Å². The van der Waals surface area contributed by atoms with Crippen LogP contribution in [-0.4, -0.2) is 19.6 Å². The summed E-state index contributed by atoms with van der Waals surface area (Å²) in [7, 11) is 0. The fourth-order valence-corrected chi connectivity index (χ4v) is 1.59. The molecule has 66 valence electrons. The van der Waals surface area contributed by atoms with E-state index in [-0.39, 0.29) is 0 Å². The number of aromatic nitrogens is 4. The van der Waals surface area contributed by atoms with Crippen LogP contribution in [0.3, 0.4) is 0 Å². The van der Waals surface area contributed by atoms with Crippen LogP contribution in [0.4, 0.5) is 0 Å². The largest absolute Gasteiger partial charge is 0.252 e. The van der Waals surface area contributed by atoms with E-state index in [0.29, 0.717) is 11.7 Å². The minimum atomic E-state index is 0.584. The summed E-state index contributed by atoms with van der Waals surface area (Å²) in [5, 5.41) is 4.35. The minimum Gasteiger partial charge on any atom is -0.218 e. The first-order valence-corrected chi connectivity index (χ1v) is 5.00. The maximum Gasteiger partial charge on any atom is 0.252 e. The number of fused-ring (bicyclic) bond motifs is 1. The zero-order chi connectivity index (χ0) is 8.84. The van der Waals surface area contributed by atoms with Gasteiger partial charge in [-0.15, -0.1) is 5.10 Å². The van der Waals surface area contributed by atoms with Crippen LogP contribution < -0.4 is 0 Å². The van der Waals surface area contributed by atoms with Gasteiger partial charge in [-0.2, -0.15) is 4.98 Å². The van der Waals surface area contributed by atoms with Crippen molar-refractivity contribution in [3.05, 3.63) is 22.7 Å². The van der Waals surface area contributed by atoms with Crippen molar-refractivity contribution in [1.29, 1.82) is 0 Å².